The average molecular weight is 618 g/mol. The van der Waals surface area contributed by atoms with Gasteiger partial charge in [-0.2, -0.15) is 13.2 Å². The van der Waals surface area contributed by atoms with Gasteiger partial charge in [-0.3, -0.25) is 19.5 Å². The van der Waals surface area contributed by atoms with Crippen molar-refractivity contribution in [1.82, 2.24) is 4.57 Å². The number of hydrogen-bond acceptors (Lipinski definition) is 8. The molecule has 0 unspecified atom stereocenters. The van der Waals surface area contributed by atoms with Crippen LogP contribution in [0.15, 0.2) is 80.1 Å². The number of thiazole rings is 1. The average Bonchev–Trinajstić information content (AvgIpc) is 3.52. The normalized spacial score (nSPS) is 15.4. The molecule has 0 fully saturated rings. The van der Waals surface area contributed by atoms with Crippen LogP contribution in [0.1, 0.15) is 29.9 Å². The molecule has 5 rings (SSSR count). The quantitative estimate of drug-likeness (QED) is 0.161. The number of carbonyl (C=O) groups is 1. The molecule has 4 aromatic rings. The zero-order valence-corrected chi connectivity index (χ0v) is 23.3. The molecule has 2 aromatic carbocycles. The van der Waals surface area contributed by atoms with Crippen LogP contribution >= 0.6 is 22.9 Å². The number of carbonyl (C=O) groups excluding carboxylic acids is 1. The smallest absolute Gasteiger partial charge is 0.434 e. The third-order valence-electron chi connectivity index (χ3n) is 6.38. The Balaban J connectivity index is 1.69. The van der Waals surface area contributed by atoms with E-state index in [-0.39, 0.29) is 33.0 Å². The number of fused-ring (bicyclic) bond motifs is 1. The highest BCUT2D eigenvalue weighted by Crippen LogP contribution is 2.38. The lowest BCUT2D eigenvalue weighted by molar-refractivity contribution is -0.384. The molecule has 9 nitrogen and oxygen atoms in total. The third-order valence-corrected chi connectivity index (χ3v) is 7.61. The van der Waals surface area contributed by atoms with Gasteiger partial charge in [-0.1, -0.05) is 41.1 Å². The summed E-state index contributed by atoms with van der Waals surface area (Å²) in [6, 6.07) is 11.6. The van der Waals surface area contributed by atoms with Crippen LogP contribution in [-0.4, -0.2) is 28.2 Å². The van der Waals surface area contributed by atoms with Crippen molar-refractivity contribution < 1.29 is 32.0 Å². The van der Waals surface area contributed by atoms with Crippen LogP contribution in [0, 0.1) is 17.0 Å². The van der Waals surface area contributed by atoms with Crippen LogP contribution in [0.4, 0.5) is 18.9 Å². The topological polar surface area (TPSA) is 117 Å². The molecule has 0 radical (unpaired) electrons. The number of nitro benzene ring substituents is 1. The molecule has 3 heterocycles. The van der Waals surface area contributed by atoms with Gasteiger partial charge < -0.3 is 9.15 Å². The zero-order valence-electron chi connectivity index (χ0n) is 21.8. The van der Waals surface area contributed by atoms with Gasteiger partial charge in [-0.05, 0) is 49.2 Å². The summed E-state index contributed by atoms with van der Waals surface area (Å²) in [4.78, 5) is 40.7. The second-order valence-electron chi connectivity index (χ2n) is 9.07. The van der Waals surface area contributed by atoms with Crippen molar-refractivity contribution in [1.29, 1.82) is 0 Å². The highest BCUT2D eigenvalue weighted by molar-refractivity contribution is 7.07. The van der Waals surface area contributed by atoms with Gasteiger partial charge in [0, 0.05) is 28.8 Å². The number of halogens is 4. The van der Waals surface area contributed by atoms with Crippen LogP contribution in [0.3, 0.4) is 0 Å². The highest BCUT2D eigenvalue weighted by Gasteiger charge is 2.45. The number of allylic oxidation sites excluding steroid dienone is 1. The number of non-ortho nitro benzene ring substituents is 1. The lowest BCUT2D eigenvalue weighted by Gasteiger charge is -2.26. The minimum Gasteiger partial charge on any atom is -0.463 e. The number of hydrogen-bond donors (Lipinski definition) is 0. The van der Waals surface area contributed by atoms with E-state index in [9.17, 15) is 32.9 Å². The third kappa shape index (κ3) is 5.40. The molecule has 0 N–H and O–H groups in total. The molecule has 0 saturated heterocycles. The van der Waals surface area contributed by atoms with Gasteiger partial charge in [0.25, 0.3) is 11.2 Å². The zero-order chi connectivity index (χ0) is 30.3. The fourth-order valence-electron chi connectivity index (χ4n) is 4.49. The largest absolute Gasteiger partial charge is 0.463 e. The first-order valence-electron chi connectivity index (χ1n) is 12.3. The summed E-state index contributed by atoms with van der Waals surface area (Å²) in [5, 5.41) is 11.5. The molecule has 1 aliphatic rings. The summed E-state index contributed by atoms with van der Waals surface area (Å²) < 4.78 is 54.5. The second kappa shape index (κ2) is 11.1. The van der Waals surface area contributed by atoms with Crippen LogP contribution < -0.4 is 14.9 Å². The maximum absolute atomic E-state index is 14.2. The van der Waals surface area contributed by atoms with Crippen LogP contribution in [0.5, 0.6) is 0 Å². The Kier molecular flexibility index (Phi) is 7.64. The number of furan rings is 1. The number of benzene rings is 2. The number of alkyl halides is 3. The molecular formula is C28H19ClF3N3O6S. The van der Waals surface area contributed by atoms with Crippen LogP contribution in [0.2, 0.25) is 5.02 Å². The molecule has 0 amide bonds. The number of nitro groups is 1. The summed E-state index contributed by atoms with van der Waals surface area (Å²) in [6.45, 7) is 3.00. The summed E-state index contributed by atoms with van der Waals surface area (Å²) in [5.74, 6) is -0.797. The fourth-order valence-corrected chi connectivity index (χ4v) is 5.60. The van der Waals surface area contributed by atoms with E-state index in [1.165, 1.54) is 55.5 Å². The number of aryl methyl sites for hydroxylation is 1. The Morgan fingerprint density at radius 3 is 2.57 bits per heavy atom. The lowest BCUT2D eigenvalue weighted by Crippen LogP contribution is -2.41. The fraction of sp³-hybridized carbons (Fsp3) is 0.179. The predicted octanol–water partition coefficient (Wildman–Crippen LogP) is 5.47. The van der Waals surface area contributed by atoms with E-state index in [0.29, 0.717) is 33.2 Å². The van der Waals surface area contributed by atoms with E-state index in [1.54, 1.807) is 19.1 Å². The second-order valence-corrected chi connectivity index (χ2v) is 10.5. The Hall–Kier alpha value is -4.49. The molecule has 14 heteroatoms. The van der Waals surface area contributed by atoms with E-state index >= 15 is 0 Å². The van der Waals surface area contributed by atoms with E-state index in [1.807, 2.05) is 0 Å². The van der Waals surface area contributed by atoms with Crippen molar-refractivity contribution in [2.24, 2.45) is 4.99 Å². The summed E-state index contributed by atoms with van der Waals surface area (Å²) >= 11 is 6.68. The SMILES string of the molecule is CCOC(=O)C1=C(C(F)(F)F)N=c2s/c(=C\c3ccc(-c4cc([N+](=O)[O-])ccc4C)o3)c(=O)n2[C@@H]1c1ccc(Cl)cc1. The number of nitrogens with zero attached hydrogens (tertiary/aromatic N) is 3. The molecule has 216 valence electrons. The number of ether oxygens (including phenoxy) is 1. The van der Waals surface area contributed by atoms with E-state index in [2.05, 4.69) is 4.99 Å². The molecule has 1 aliphatic heterocycles. The molecule has 0 spiro atoms. The first-order valence-corrected chi connectivity index (χ1v) is 13.5. The maximum atomic E-state index is 14.2. The standard InChI is InChI=1S/C28H19ClF3N3O6S/c1-3-40-26(37)22-23(15-5-7-16(29)8-6-15)34-25(36)21(42-27(34)33-24(22)28(30,31)32)13-18-10-11-20(41-18)19-12-17(35(38)39)9-4-14(19)2/h4-13,23H,3H2,1-2H3/b21-13-/t23-/m1/s1. The summed E-state index contributed by atoms with van der Waals surface area (Å²) in [7, 11) is 0. The van der Waals surface area contributed by atoms with Crippen LogP contribution in [0.25, 0.3) is 17.4 Å². The van der Waals surface area contributed by atoms with E-state index < -0.39 is 39.9 Å². The van der Waals surface area contributed by atoms with Gasteiger partial charge in [0.15, 0.2) is 10.5 Å². The molecule has 0 aliphatic carbocycles. The van der Waals surface area contributed by atoms with Crippen molar-refractivity contribution in [2.45, 2.75) is 26.1 Å². The first-order chi connectivity index (χ1) is 19.9. The molecule has 0 saturated carbocycles. The van der Waals surface area contributed by atoms with Crippen molar-refractivity contribution in [3.05, 3.63) is 118 Å². The van der Waals surface area contributed by atoms with Crippen molar-refractivity contribution in [2.75, 3.05) is 6.61 Å². The summed E-state index contributed by atoms with van der Waals surface area (Å²) in [5.41, 5.74) is -1.79. The number of rotatable bonds is 6. The minimum absolute atomic E-state index is 0.0176. The van der Waals surface area contributed by atoms with Gasteiger partial charge >= 0.3 is 12.1 Å². The van der Waals surface area contributed by atoms with Gasteiger partial charge in [0.1, 0.15) is 11.5 Å². The molecule has 2 aromatic heterocycles. The first kappa shape index (κ1) is 29.0. The predicted molar refractivity (Wildman–Crippen MR) is 148 cm³/mol. The van der Waals surface area contributed by atoms with Gasteiger partial charge in [0.2, 0.25) is 0 Å². The van der Waals surface area contributed by atoms with Crippen molar-refractivity contribution in [3.8, 4) is 11.3 Å². The van der Waals surface area contributed by atoms with Gasteiger partial charge in [-0.25, -0.2) is 9.79 Å². The van der Waals surface area contributed by atoms with Crippen LogP contribution in [-0.2, 0) is 9.53 Å². The Bertz CT molecular complexity index is 1940. The minimum atomic E-state index is -5.03. The molecule has 1 atom stereocenters. The molecule has 0 bridgehead atoms. The monoisotopic (exact) mass is 617 g/mol. The maximum Gasteiger partial charge on any atom is 0.434 e. The van der Waals surface area contributed by atoms with E-state index in [4.69, 9.17) is 20.8 Å². The number of esters is 1. The van der Waals surface area contributed by atoms with Crippen molar-refractivity contribution in [3.63, 3.8) is 0 Å². The Morgan fingerprint density at radius 2 is 1.93 bits per heavy atom. The number of aromatic nitrogens is 1. The van der Waals surface area contributed by atoms with Gasteiger partial charge in [0.05, 0.1) is 27.7 Å². The molecule has 42 heavy (non-hydrogen) atoms. The molecular weight excluding hydrogens is 599 g/mol. The summed E-state index contributed by atoms with van der Waals surface area (Å²) in [6.07, 6.45) is -3.70. The Morgan fingerprint density at radius 1 is 1.21 bits per heavy atom. The van der Waals surface area contributed by atoms with E-state index in [0.717, 1.165) is 4.57 Å². The highest BCUT2D eigenvalue weighted by atomic mass is 35.5. The van der Waals surface area contributed by atoms with Crippen molar-refractivity contribution >= 4 is 40.7 Å². The van der Waals surface area contributed by atoms with Gasteiger partial charge in [-0.15, -0.1) is 0 Å². The lowest BCUT2D eigenvalue weighted by atomic mass is 9.95. The Labute approximate surface area is 243 Å².